The number of hydrogen-bond donors (Lipinski definition) is 0. The lowest BCUT2D eigenvalue weighted by molar-refractivity contribution is -0.142. The number of carbonyl (C=O) groups is 2. The summed E-state index contributed by atoms with van der Waals surface area (Å²) in [6.45, 7) is 8.28. The first-order valence-electron chi connectivity index (χ1n) is 5.58. The van der Waals surface area contributed by atoms with Crippen LogP contribution in [0.5, 0.6) is 0 Å². The molecule has 4 nitrogen and oxygen atoms in total. The van der Waals surface area contributed by atoms with E-state index in [0.717, 1.165) is 12.8 Å². The Morgan fingerprint density at radius 2 is 1.82 bits per heavy atom. The Bertz CT molecular complexity index is 288. The molecule has 0 aliphatic heterocycles. The minimum atomic E-state index is -0.347. The number of ether oxygens (including phenoxy) is 2. The normalized spacial score (nSPS) is 14.2. The van der Waals surface area contributed by atoms with E-state index in [4.69, 9.17) is 4.74 Å². The molecular formula is C13H20O4. The van der Waals surface area contributed by atoms with Crippen molar-refractivity contribution in [2.24, 2.45) is 0 Å². The second-order valence-corrected chi connectivity index (χ2v) is 3.82. The third-order valence-electron chi connectivity index (χ3n) is 2.29. The molecule has 1 saturated carbocycles. The molecule has 1 fully saturated rings. The first-order valence-corrected chi connectivity index (χ1v) is 5.58. The molecule has 0 aromatic carbocycles. The third kappa shape index (κ3) is 7.33. The minimum Gasteiger partial charge on any atom is -0.466 e. The molecule has 0 N–H and O–H groups in total. The first kappa shape index (κ1) is 15.4. The van der Waals surface area contributed by atoms with Gasteiger partial charge in [0.05, 0.1) is 7.11 Å². The van der Waals surface area contributed by atoms with Gasteiger partial charge in [-0.2, -0.15) is 0 Å². The molecule has 1 rings (SSSR count). The maximum Gasteiger partial charge on any atom is 0.332 e. The molecular weight excluding hydrogens is 220 g/mol. The maximum atomic E-state index is 10.6. The van der Waals surface area contributed by atoms with E-state index in [0.29, 0.717) is 5.57 Å². The number of methoxy groups -OCH3 is 1. The van der Waals surface area contributed by atoms with Crippen molar-refractivity contribution in [2.75, 3.05) is 7.11 Å². The minimum absolute atomic E-state index is 0.172. The van der Waals surface area contributed by atoms with Gasteiger partial charge >= 0.3 is 11.9 Å². The van der Waals surface area contributed by atoms with Gasteiger partial charge in [0.2, 0.25) is 0 Å². The maximum absolute atomic E-state index is 10.6. The van der Waals surface area contributed by atoms with Gasteiger partial charge in [0.25, 0.3) is 0 Å². The smallest absolute Gasteiger partial charge is 0.332 e. The first-order chi connectivity index (χ1) is 8.01. The van der Waals surface area contributed by atoms with Crippen molar-refractivity contribution in [3.05, 3.63) is 24.8 Å². The highest BCUT2D eigenvalue weighted by atomic mass is 16.5. The molecule has 4 heteroatoms. The second-order valence-electron chi connectivity index (χ2n) is 3.82. The van der Waals surface area contributed by atoms with Crippen LogP contribution in [-0.4, -0.2) is 25.2 Å². The van der Waals surface area contributed by atoms with Gasteiger partial charge in [0.15, 0.2) is 0 Å². The quantitative estimate of drug-likeness (QED) is 0.561. The Hall–Kier alpha value is -1.58. The average Bonchev–Trinajstić information content (AvgIpc) is 2.81. The molecule has 0 bridgehead atoms. The molecule has 0 saturated heterocycles. The van der Waals surface area contributed by atoms with Crippen LogP contribution in [0.1, 0.15) is 32.6 Å². The van der Waals surface area contributed by atoms with Crippen LogP contribution in [0.4, 0.5) is 0 Å². The monoisotopic (exact) mass is 240 g/mol. The fourth-order valence-electron chi connectivity index (χ4n) is 1.39. The fraction of sp³-hybridized carbons (Fsp3) is 0.538. The predicted molar refractivity (Wildman–Crippen MR) is 65.4 cm³/mol. The summed E-state index contributed by atoms with van der Waals surface area (Å²) >= 11 is 0. The standard InChI is InChI=1S/C8H12O2.C5H8O2/c1-2-8(9)10-7-5-3-4-6-7;1-4(2)5(6)7-3/h2,7H,1,3-6H2;1H2,2-3H3. The number of carbonyl (C=O) groups excluding carboxylic acids is 2. The summed E-state index contributed by atoms with van der Waals surface area (Å²) in [7, 11) is 1.33. The van der Waals surface area contributed by atoms with E-state index in [9.17, 15) is 9.59 Å². The molecule has 17 heavy (non-hydrogen) atoms. The van der Waals surface area contributed by atoms with E-state index in [1.165, 1.54) is 26.0 Å². The van der Waals surface area contributed by atoms with Crippen LogP contribution in [0, 0.1) is 0 Å². The van der Waals surface area contributed by atoms with Crippen LogP contribution >= 0.6 is 0 Å². The molecule has 0 aromatic rings. The van der Waals surface area contributed by atoms with Crippen molar-refractivity contribution in [3.8, 4) is 0 Å². The highest BCUT2D eigenvalue weighted by Gasteiger charge is 2.17. The number of hydrogen-bond acceptors (Lipinski definition) is 4. The van der Waals surface area contributed by atoms with E-state index in [-0.39, 0.29) is 18.0 Å². The van der Waals surface area contributed by atoms with E-state index in [1.807, 2.05) is 0 Å². The lowest BCUT2D eigenvalue weighted by atomic mass is 10.3. The van der Waals surface area contributed by atoms with Gasteiger partial charge < -0.3 is 9.47 Å². The molecule has 1 aliphatic carbocycles. The Morgan fingerprint density at radius 3 is 2.12 bits per heavy atom. The Labute approximate surface area is 102 Å². The molecule has 0 aromatic heterocycles. The molecule has 96 valence electrons. The van der Waals surface area contributed by atoms with Crippen molar-refractivity contribution in [1.29, 1.82) is 0 Å². The van der Waals surface area contributed by atoms with Gasteiger partial charge in [0, 0.05) is 11.6 Å². The molecule has 0 unspecified atom stereocenters. The molecule has 0 spiro atoms. The largest absolute Gasteiger partial charge is 0.466 e. The van der Waals surface area contributed by atoms with Crippen LogP contribution in [0.25, 0.3) is 0 Å². The summed E-state index contributed by atoms with van der Waals surface area (Å²) in [4.78, 5) is 20.8. The van der Waals surface area contributed by atoms with Crippen LogP contribution < -0.4 is 0 Å². The molecule has 0 radical (unpaired) electrons. The van der Waals surface area contributed by atoms with Crippen molar-refractivity contribution in [3.63, 3.8) is 0 Å². The van der Waals surface area contributed by atoms with Gasteiger partial charge in [-0.15, -0.1) is 0 Å². The lowest BCUT2D eigenvalue weighted by Crippen LogP contribution is -2.11. The predicted octanol–water partition coefficient (Wildman–Crippen LogP) is 2.39. The highest BCUT2D eigenvalue weighted by Crippen LogP contribution is 2.20. The van der Waals surface area contributed by atoms with E-state index in [2.05, 4.69) is 17.9 Å². The summed E-state index contributed by atoms with van der Waals surface area (Å²) in [6.07, 6.45) is 5.83. The summed E-state index contributed by atoms with van der Waals surface area (Å²) in [5, 5.41) is 0. The third-order valence-corrected chi connectivity index (χ3v) is 2.29. The van der Waals surface area contributed by atoms with E-state index >= 15 is 0 Å². The summed E-state index contributed by atoms with van der Waals surface area (Å²) in [5.41, 5.74) is 0.433. The average molecular weight is 240 g/mol. The summed E-state index contributed by atoms with van der Waals surface area (Å²) in [6, 6.07) is 0. The van der Waals surface area contributed by atoms with Crippen molar-refractivity contribution >= 4 is 11.9 Å². The fourth-order valence-corrected chi connectivity index (χ4v) is 1.39. The highest BCUT2D eigenvalue weighted by molar-refractivity contribution is 5.86. The summed E-state index contributed by atoms with van der Waals surface area (Å²) < 4.78 is 9.28. The van der Waals surface area contributed by atoms with Gasteiger partial charge in [-0.25, -0.2) is 9.59 Å². The van der Waals surface area contributed by atoms with E-state index < -0.39 is 0 Å². The zero-order chi connectivity index (χ0) is 13.3. The van der Waals surface area contributed by atoms with Crippen molar-refractivity contribution in [2.45, 2.75) is 38.7 Å². The summed E-state index contributed by atoms with van der Waals surface area (Å²) in [5.74, 6) is -0.632. The Balaban J connectivity index is 0.000000325. The van der Waals surface area contributed by atoms with Crippen LogP contribution in [0.2, 0.25) is 0 Å². The topological polar surface area (TPSA) is 52.6 Å². The zero-order valence-corrected chi connectivity index (χ0v) is 10.5. The van der Waals surface area contributed by atoms with Crippen LogP contribution in [-0.2, 0) is 19.1 Å². The second kappa shape index (κ2) is 8.56. The Kier molecular flexibility index (Phi) is 7.76. The van der Waals surface area contributed by atoms with Crippen LogP contribution in [0.3, 0.4) is 0 Å². The SMILES string of the molecule is C=C(C)C(=O)OC.C=CC(=O)OC1CCCC1. The van der Waals surface area contributed by atoms with Gasteiger partial charge in [0.1, 0.15) is 6.10 Å². The Morgan fingerprint density at radius 1 is 1.29 bits per heavy atom. The zero-order valence-electron chi connectivity index (χ0n) is 10.5. The van der Waals surface area contributed by atoms with Gasteiger partial charge in [-0.05, 0) is 32.6 Å². The molecule has 1 aliphatic rings. The molecule has 0 heterocycles. The van der Waals surface area contributed by atoms with Crippen molar-refractivity contribution < 1.29 is 19.1 Å². The van der Waals surface area contributed by atoms with E-state index in [1.54, 1.807) is 6.92 Å². The molecule has 0 atom stereocenters. The lowest BCUT2D eigenvalue weighted by Gasteiger charge is -2.07. The molecule has 0 amide bonds. The van der Waals surface area contributed by atoms with Crippen LogP contribution in [0.15, 0.2) is 24.8 Å². The van der Waals surface area contributed by atoms with Gasteiger partial charge in [-0.3, -0.25) is 0 Å². The van der Waals surface area contributed by atoms with Crippen molar-refractivity contribution in [1.82, 2.24) is 0 Å². The number of esters is 2. The number of rotatable bonds is 3. The van der Waals surface area contributed by atoms with Gasteiger partial charge in [-0.1, -0.05) is 13.2 Å².